The summed E-state index contributed by atoms with van der Waals surface area (Å²) in [5, 5.41) is 2.93. The lowest BCUT2D eigenvalue weighted by atomic mass is 10.1. The van der Waals surface area contributed by atoms with Crippen LogP contribution >= 0.6 is 0 Å². The Morgan fingerprint density at radius 1 is 1.07 bits per heavy atom. The third kappa shape index (κ3) is 5.18. The lowest BCUT2D eigenvalue weighted by molar-refractivity contribution is 0.0951. The number of halogens is 1. The molecule has 1 aromatic carbocycles. The highest BCUT2D eigenvalue weighted by molar-refractivity contribution is 5.94. The first-order chi connectivity index (χ1) is 13.0. The number of pyridine rings is 1. The van der Waals surface area contributed by atoms with Gasteiger partial charge in [-0.25, -0.2) is 9.37 Å². The smallest absolute Gasteiger partial charge is 0.252 e. The molecule has 1 fully saturated rings. The third-order valence-electron chi connectivity index (χ3n) is 4.81. The Labute approximate surface area is 160 Å². The molecule has 1 aliphatic heterocycles. The Hall–Kier alpha value is -2.63. The summed E-state index contributed by atoms with van der Waals surface area (Å²) in [6.07, 6.45) is 2.61. The van der Waals surface area contributed by atoms with Gasteiger partial charge in [-0.3, -0.25) is 4.79 Å². The number of benzene rings is 1. The Morgan fingerprint density at radius 3 is 2.33 bits per heavy atom. The summed E-state index contributed by atoms with van der Waals surface area (Å²) in [7, 11) is 0. The van der Waals surface area contributed by atoms with Gasteiger partial charge < -0.3 is 15.1 Å². The highest BCUT2D eigenvalue weighted by Gasteiger charge is 2.18. The first-order valence-corrected chi connectivity index (χ1v) is 9.52. The monoisotopic (exact) mass is 370 g/mol. The topological polar surface area (TPSA) is 48.5 Å². The fraction of sp³-hybridized carbons (Fsp3) is 0.429. The molecule has 2 aromatic rings. The number of piperazine rings is 1. The quantitative estimate of drug-likeness (QED) is 0.847. The van der Waals surface area contributed by atoms with Gasteiger partial charge in [0.2, 0.25) is 0 Å². The van der Waals surface area contributed by atoms with Crippen molar-refractivity contribution in [3.8, 4) is 0 Å². The van der Waals surface area contributed by atoms with Gasteiger partial charge in [0.25, 0.3) is 5.91 Å². The minimum absolute atomic E-state index is 0.0733. The number of amides is 1. The second-order valence-electron chi connectivity index (χ2n) is 7.29. The standard InChI is InChI=1S/C21H27FN4O/c1-16(2)9-10-23-21(27)17-3-8-20(24-15-17)26-13-11-25(12-14-26)19-6-4-18(22)5-7-19/h3-8,15-16H,9-14H2,1-2H3,(H,23,27). The molecular formula is C21H27FN4O. The van der Waals surface area contributed by atoms with E-state index < -0.39 is 0 Å². The SMILES string of the molecule is CC(C)CCNC(=O)c1ccc(N2CCN(c3ccc(F)cc3)CC2)nc1. The van der Waals surface area contributed by atoms with E-state index in [1.54, 1.807) is 6.20 Å². The Kier molecular flexibility index (Phi) is 6.27. The van der Waals surface area contributed by atoms with Crippen LogP contribution in [0.1, 0.15) is 30.6 Å². The van der Waals surface area contributed by atoms with E-state index in [1.165, 1.54) is 12.1 Å². The second kappa shape index (κ2) is 8.84. The zero-order valence-electron chi connectivity index (χ0n) is 16.0. The number of anilines is 2. The lowest BCUT2D eigenvalue weighted by Crippen LogP contribution is -2.46. The summed E-state index contributed by atoms with van der Waals surface area (Å²) in [6.45, 7) is 8.34. The number of carbonyl (C=O) groups excluding carboxylic acids is 1. The Balaban J connectivity index is 1.52. The van der Waals surface area contributed by atoms with Crippen LogP contribution in [0.2, 0.25) is 0 Å². The van der Waals surface area contributed by atoms with Crippen LogP contribution in [0.4, 0.5) is 15.9 Å². The first-order valence-electron chi connectivity index (χ1n) is 9.52. The number of rotatable bonds is 6. The van der Waals surface area contributed by atoms with E-state index in [0.717, 1.165) is 44.1 Å². The average molecular weight is 370 g/mol. The van der Waals surface area contributed by atoms with E-state index >= 15 is 0 Å². The number of aromatic nitrogens is 1. The van der Waals surface area contributed by atoms with Crippen molar-refractivity contribution in [2.24, 2.45) is 5.92 Å². The predicted molar refractivity (Wildman–Crippen MR) is 107 cm³/mol. The van der Waals surface area contributed by atoms with Crippen molar-refractivity contribution >= 4 is 17.4 Å². The van der Waals surface area contributed by atoms with E-state index in [2.05, 4.69) is 33.9 Å². The lowest BCUT2D eigenvalue weighted by Gasteiger charge is -2.36. The van der Waals surface area contributed by atoms with Gasteiger partial charge in [-0.1, -0.05) is 13.8 Å². The molecule has 144 valence electrons. The average Bonchev–Trinajstić information content (AvgIpc) is 2.68. The van der Waals surface area contributed by atoms with Gasteiger partial charge in [-0.2, -0.15) is 0 Å². The summed E-state index contributed by atoms with van der Waals surface area (Å²) in [5.41, 5.74) is 1.63. The molecule has 6 heteroatoms. The van der Waals surface area contributed by atoms with Gasteiger partial charge in [0.1, 0.15) is 11.6 Å². The fourth-order valence-electron chi connectivity index (χ4n) is 3.13. The summed E-state index contributed by atoms with van der Waals surface area (Å²) in [5.74, 6) is 1.16. The molecule has 1 saturated heterocycles. The van der Waals surface area contributed by atoms with E-state index in [4.69, 9.17) is 0 Å². The van der Waals surface area contributed by atoms with E-state index in [9.17, 15) is 9.18 Å². The Morgan fingerprint density at radius 2 is 1.74 bits per heavy atom. The zero-order valence-corrected chi connectivity index (χ0v) is 16.0. The van der Waals surface area contributed by atoms with Crippen molar-refractivity contribution in [3.63, 3.8) is 0 Å². The molecule has 0 bridgehead atoms. The molecule has 1 aliphatic rings. The molecule has 0 unspecified atom stereocenters. The van der Waals surface area contributed by atoms with Crippen LogP contribution in [-0.2, 0) is 0 Å². The van der Waals surface area contributed by atoms with Crippen molar-refractivity contribution in [3.05, 3.63) is 54.0 Å². The fourth-order valence-corrected chi connectivity index (χ4v) is 3.13. The van der Waals surface area contributed by atoms with Gasteiger partial charge in [-0.15, -0.1) is 0 Å². The molecule has 5 nitrogen and oxygen atoms in total. The van der Waals surface area contributed by atoms with Gasteiger partial charge >= 0.3 is 0 Å². The van der Waals surface area contributed by atoms with Crippen LogP contribution in [-0.4, -0.2) is 43.6 Å². The predicted octanol–water partition coefficient (Wildman–Crippen LogP) is 3.32. The molecule has 0 atom stereocenters. The summed E-state index contributed by atoms with van der Waals surface area (Å²) in [4.78, 5) is 21.1. The van der Waals surface area contributed by atoms with Crippen molar-refractivity contribution in [1.29, 1.82) is 0 Å². The van der Waals surface area contributed by atoms with E-state index in [-0.39, 0.29) is 11.7 Å². The minimum atomic E-state index is -0.213. The van der Waals surface area contributed by atoms with Crippen LogP contribution in [0.3, 0.4) is 0 Å². The van der Waals surface area contributed by atoms with Crippen molar-refractivity contribution in [1.82, 2.24) is 10.3 Å². The second-order valence-corrected chi connectivity index (χ2v) is 7.29. The van der Waals surface area contributed by atoms with Gasteiger partial charge in [0.15, 0.2) is 0 Å². The largest absolute Gasteiger partial charge is 0.368 e. The minimum Gasteiger partial charge on any atom is -0.368 e. The highest BCUT2D eigenvalue weighted by Crippen LogP contribution is 2.19. The molecule has 0 spiro atoms. The number of nitrogens with one attached hydrogen (secondary N) is 1. The first kappa shape index (κ1) is 19.1. The molecule has 2 heterocycles. The van der Waals surface area contributed by atoms with Crippen molar-refractivity contribution in [2.45, 2.75) is 20.3 Å². The molecule has 27 heavy (non-hydrogen) atoms. The molecular weight excluding hydrogens is 343 g/mol. The van der Waals surface area contributed by atoms with Crippen molar-refractivity contribution < 1.29 is 9.18 Å². The summed E-state index contributed by atoms with van der Waals surface area (Å²) >= 11 is 0. The maximum absolute atomic E-state index is 13.1. The third-order valence-corrected chi connectivity index (χ3v) is 4.81. The van der Waals surface area contributed by atoms with Gasteiger partial charge in [-0.05, 0) is 48.7 Å². The number of hydrogen-bond donors (Lipinski definition) is 1. The Bertz CT molecular complexity index is 738. The normalized spacial score (nSPS) is 14.5. The number of carbonyl (C=O) groups is 1. The van der Waals surface area contributed by atoms with Crippen LogP contribution in [0.5, 0.6) is 0 Å². The molecule has 0 saturated carbocycles. The van der Waals surface area contributed by atoms with E-state index in [0.29, 0.717) is 18.0 Å². The molecule has 1 N–H and O–H groups in total. The van der Waals surface area contributed by atoms with Gasteiger partial charge in [0, 0.05) is 44.6 Å². The summed E-state index contributed by atoms with van der Waals surface area (Å²) < 4.78 is 13.1. The molecule has 1 aromatic heterocycles. The molecule has 1 amide bonds. The van der Waals surface area contributed by atoms with Crippen LogP contribution in [0.25, 0.3) is 0 Å². The van der Waals surface area contributed by atoms with Crippen LogP contribution in [0, 0.1) is 11.7 Å². The molecule has 0 radical (unpaired) electrons. The maximum Gasteiger partial charge on any atom is 0.252 e. The number of nitrogens with zero attached hydrogens (tertiary/aromatic N) is 3. The van der Waals surface area contributed by atoms with Crippen LogP contribution in [0.15, 0.2) is 42.6 Å². The van der Waals surface area contributed by atoms with E-state index in [1.807, 2.05) is 24.3 Å². The summed E-state index contributed by atoms with van der Waals surface area (Å²) in [6, 6.07) is 10.4. The number of hydrogen-bond acceptors (Lipinski definition) is 4. The van der Waals surface area contributed by atoms with Crippen LogP contribution < -0.4 is 15.1 Å². The zero-order chi connectivity index (χ0) is 19.2. The molecule has 3 rings (SSSR count). The molecule has 0 aliphatic carbocycles. The maximum atomic E-state index is 13.1. The highest BCUT2D eigenvalue weighted by atomic mass is 19.1. The van der Waals surface area contributed by atoms with Crippen molar-refractivity contribution in [2.75, 3.05) is 42.5 Å². The van der Waals surface area contributed by atoms with Gasteiger partial charge in [0.05, 0.1) is 5.56 Å².